The van der Waals surface area contributed by atoms with Crippen LogP contribution in [0.5, 0.6) is 11.5 Å². The fourth-order valence-corrected chi connectivity index (χ4v) is 3.75. The van der Waals surface area contributed by atoms with Gasteiger partial charge < -0.3 is 9.47 Å². The summed E-state index contributed by atoms with van der Waals surface area (Å²) in [5, 5.41) is 0. The van der Waals surface area contributed by atoms with Gasteiger partial charge >= 0.3 is 18.3 Å². The largest absolute Gasteiger partial charge is 0.461 e. The van der Waals surface area contributed by atoms with Crippen LogP contribution in [0.4, 0.5) is 26.3 Å². The first-order valence-electron chi connectivity index (χ1n) is 8.94. The van der Waals surface area contributed by atoms with Crippen LogP contribution in [0.25, 0.3) is 0 Å². The van der Waals surface area contributed by atoms with Gasteiger partial charge in [0.1, 0.15) is 18.1 Å². The average Bonchev–Trinajstić information content (AvgIpc) is 3.20. The summed E-state index contributed by atoms with van der Waals surface area (Å²) in [7, 11) is 0. The molecule has 1 fully saturated rings. The van der Waals surface area contributed by atoms with E-state index in [2.05, 4.69) is 0 Å². The van der Waals surface area contributed by atoms with E-state index in [9.17, 15) is 31.1 Å². The minimum absolute atomic E-state index is 0.361. The standard InChI is InChI=1S/C21H18F6O3/c1-18(20(22,23)24)16(19(18,2)21(25,26)27)17(28)29-12-13-7-6-10-15(11-13)30-14-8-4-3-5-9-14/h3-11,16H,12H2,1-2H3. The first-order valence-corrected chi connectivity index (χ1v) is 8.94. The Hall–Kier alpha value is -2.71. The van der Waals surface area contributed by atoms with E-state index in [-0.39, 0.29) is 0 Å². The highest BCUT2D eigenvalue weighted by Gasteiger charge is 2.93. The fraction of sp³-hybridized carbons (Fsp3) is 0.381. The van der Waals surface area contributed by atoms with Crippen LogP contribution in [-0.2, 0) is 16.1 Å². The summed E-state index contributed by atoms with van der Waals surface area (Å²) in [5.74, 6) is -2.99. The number of hydrogen-bond acceptors (Lipinski definition) is 3. The molecule has 0 aromatic heterocycles. The van der Waals surface area contributed by atoms with Crippen molar-refractivity contribution in [3.63, 3.8) is 0 Å². The highest BCUT2D eigenvalue weighted by Crippen LogP contribution is 2.80. The van der Waals surface area contributed by atoms with E-state index in [1.807, 2.05) is 0 Å². The lowest BCUT2D eigenvalue weighted by atomic mass is 9.95. The molecule has 0 spiro atoms. The minimum atomic E-state index is -5.22. The number of ether oxygens (including phenoxy) is 2. The van der Waals surface area contributed by atoms with Gasteiger partial charge in [-0.25, -0.2) is 0 Å². The van der Waals surface area contributed by atoms with Crippen molar-refractivity contribution in [2.24, 2.45) is 16.7 Å². The predicted molar refractivity (Wildman–Crippen MR) is 94.6 cm³/mol. The molecule has 3 rings (SSSR count). The van der Waals surface area contributed by atoms with Crippen molar-refractivity contribution in [2.75, 3.05) is 0 Å². The maximum atomic E-state index is 13.4. The monoisotopic (exact) mass is 432 g/mol. The second-order valence-electron chi connectivity index (χ2n) is 7.50. The van der Waals surface area contributed by atoms with Gasteiger partial charge in [0, 0.05) is 0 Å². The minimum Gasteiger partial charge on any atom is -0.461 e. The van der Waals surface area contributed by atoms with Gasteiger partial charge in [-0.1, -0.05) is 30.3 Å². The second kappa shape index (κ2) is 7.21. The number of halogens is 6. The molecule has 0 bridgehead atoms. The van der Waals surface area contributed by atoms with Gasteiger partial charge in [0.25, 0.3) is 0 Å². The van der Waals surface area contributed by atoms with E-state index in [1.165, 1.54) is 12.1 Å². The van der Waals surface area contributed by atoms with Gasteiger partial charge in [-0.3, -0.25) is 4.79 Å². The quantitative estimate of drug-likeness (QED) is 0.412. The number of para-hydroxylation sites is 1. The smallest absolute Gasteiger partial charge is 0.395 e. The van der Waals surface area contributed by atoms with Crippen LogP contribution < -0.4 is 4.74 Å². The zero-order chi connectivity index (χ0) is 22.4. The van der Waals surface area contributed by atoms with E-state index in [1.54, 1.807) is 42.5 Å². The number of carbonyl (C=O) groups is 1. The first kappa shape index (κ1) is 22.0. The van der Waals surface area contributed by atoms with Crippen LogP contribution in [0.1, 0.15) is 19.4 Å². The maximum absolute atomic E-state index is 13.4. The van der Waals surface area contributed by atoms with Crippen molar-refractivity contribution < 1.29 is 40.6 Å². The Labute approximate surface area is 168 Å². The number of hydrogen-bond donors (Lipinski definition) is 0. The average molecular weight is 432 g/mol. The molecule has 162 valence electrons. The number of esters is 1. The van der Waals surface area contributed by atoms with Crippen LogP contribution in [-0.4, -0.2) is 18.3 Å². The predicted octanol–water partition coefficient (Wildman–Crippen LogP) is 6.29. The molecule has 2 atom stereocenters. The van der Waals surface area contributed by atoms with Gasteiger partial charge in [0.05, 0.1) is 16.7 Å². The van der Waals surface area contributed by atoms with Crippen LogP contribution in [0.15, 0.2) is 54.6 Å². The lowest BCUT2D eigenvalue weighted by Gasteiger charge is -2.23. The molecule has 0 amide bonds. The molecule has 1 aliphatic rings. The van der Waals surface area contributed by atoms with Crippen LogP contribution in [0.2, 0.25) is 0 Å². The number of rotatable bonds is 5. The van der Waals surface area contributed by atoms with E-state index < -0.39 is 41.7 Å². The Kier molecular flexibility index (Phi) is 5.28. The summed E-state index contributed by atoms with van der Waals surface area (Å²) >= 11 is 0. The van der Waals surface area contributed by atoms with Crippen LogP contribution >= 0.6 is 0 Å². The highest BCUT2D eigenvalue weighted by molar-refractivity contribution is 5.80. The van der Waals surface area contributed by atoms with Crippen molar-refractivity contribution in [1.29, 1.82) is 0 Å². The Morgan fingerprint density at radius 3 is 1.93 bits per heavy atom. The zero-order valence-electron chi connectivity index (χ0n) is 16.0. The lowest BCUT2D eigenvalue weighted by Crippen LogP contribution is -2.35. The summed E-state index contributed by atoms with van der Waals surface area (Å²) in [4.78, 5) is 12.2. The Morgan fingerprint density at radius 1 is 0.867 bits per heavy atom. The molecule has 1 aliphatic carbocycles. The van der Waals surface area contributed by atoms with Gasteiger partial charge in [-0.15, -0.1) is 0 Å². The molecule has 0 saturated heterocycles. The van der Waals surface area contributed by atoms with Gasteiger partial charge in [0.2, 0.25) is 0 Å². The fourth-order valence-electron chi connectivity index (χ4n) is 3.75. The van der Waals surface area contributed by atoms with Crippen molar-refractivity contribution in [3.05, 3.63) is 60.2 Å². The molecule has 0 radical (unpaired) electrons. The number of benzene rings is 2. The summed E-state index contributed by atoms with van der Waals surface area (Å²) in [6.45, 7) is 0.324. The molecule has 0 heterocycles. The maximum Gasteiger partial charge on any atom is 0.395 e. The molecule has 2 aromatic rings. The molecular weight excluding hydrogens is 414 g/mol. The third kappa shape index (κ3) is 3.50. The summed E-state index contributed by atoms with van der Waals surface area (Å²) < 4.78 is 90.6. The van der Waals surface area contributed by atoms with Crippen LogP contribution in [0.3, 0.4) is 0 Å². The summed E-state index contributed by atoms with van der Waals surface area (Å²) in [5.41, 5.74) is -6.12. The molecule has 1 saturated carbocycles. The van der Waals surface area contributed by atoms with Crippen molar-refractivity contribution in [3.8, 4) is 11.5 Å². The Bertz CT molecular complexity index is 898. The topological polar surface area (TPSA) is 35.5 Å². The Balaban J connectivity index is 1.72. The molecule has 3 nitrogen and oxygen atoms in total. The van der Waals surface area contributed by atoms with Crippen molar-refractivity contribution in [1.82, 2.24) is 0 Å². The lowest BCUT2D eigenvalue weighted by molar-refractivity contribution is -0.245. The van der Waals surface area contributed by atoms with E-state index >= 15 is 0 Å². The summed E-state index contributed by atoms with van der Waals surface area (Å²) in [6.07, 6.45) is -10.4. The normalized spacial score (nSPS) is 26.2. The third-order valence-corrected chi connectivity index (χ3v) is 5.82. The zero-order valence-corrected chi connectivity index (χ0v) is 16.0. The second-order valence-corrected chi connectivity index (χ2v) is 7.50. The SMILES string of the molecule is CC1(C(F)(F)F)C(C(=O)OCc2cccc(Oc3ccccc3)c2)C1(C)C(F)(F)F. The first-order chi connectivity index (χ1) is 13.8. The molecule has 0 aliphatic heterocycles. The molecule has 2 aromatic carbocycles. The molecule has 30 heavy (non-hydrogen) atoms. The van der Waals surface area contributed by atoms with E-state index in [0.717, 1.165) is 0 Å². The summed E-state index contributed by atoms with van der Waals surface area (Å²) in [6, 6.07) is 14.9. The van der Waals surface area contributed by atoms with Gasteiger partial charge in [-0.2, -0.15) is 26.3 Å². The van der Waals surface area contributed by atoms with Crippen molar-refractivity contribution in [2.45, 2.75) is 32.8 Å². The highest BCUT2D eigenvalue weighted by atomic mass is 19.4. The van der Waals surface area contributed by atoms with Crippen LogP contribution in [0, 0.1) is 16.7 Å². The molecule has 9 heteroatoms. The Morgan fingerprint density at radius 2 is 1.40 bits per heavy atom. The third-order valence-electron chi connectivity index (χ3n) is 5.82. The van der Waals surface area contributed by atoms with E-state index in [4.69, 9.17) is 9.47 Å². The van der Waals surface area contributed by atoms with Gasteiger partial charge in [0.15, 0.2) is 0 Å². The molecular formula is C21H18F6O3. The van der Waals surface area contributed by atoms with Gasteiger partial charge in [-0.05, 0) is 43.7 Å². The van der Waals surface area contributed by atoms with Crippen molar-refractivity contribution >= 4 is 5.97 Å². The number of carbonyl (C=O) groups excluding carboxylic acids is 1. The molecule has 0 N–H and O–H groups in total. The van der Waals surface area contributed by atoms with E-state index in [0.29, 0.717) is 30.9 Å². The molecule has 2 unspecified atom stereocenters. The number of alkyl halides is 6.